The Bertz CT molecular complexity index is 453. The van der Waals surface area contributed by atoms with Gasteiger partial charge in [-0.15, -0.1) is 0 Å². The highest BCUT2D eigenvalue weighted by Gasteiger charge is 2.12. The van der Waals surface area contributed by atoms with Crippen molar-refractivity contribution in [1.29, 1.82) is 0 Å². The van der Waals surface area contributed by atoms with Crippen molar-refractivity contribution in [1.82, 2.24) is 0 Å². The molecular weight excluding hydrogens is 284 g/mol. The van der Waals surface area contributed by atoms with Crippen molar-refractivity contribution in [2.24, 2.45) is 0 Å². The van der Waals surface area contributed by atoms with E-state index in [9.17, 15) is 0 Å². The maximum Gasteiger partial charge on any atom is 0.0408 e. The zero-order valence-corrected chi connectivity index (χ0v) is 11.1. The minimum atomic E-state index is 0.361. The van der Waals surface area contributed by atoms with Gasteiger partial charge in [-0.05, 0) is 23.3 Å². The maximum atomic E-state index is 6.02. The Morgan fingerprint density at radius 3 is 2.25 bits per heavy atom. The molecule has 0 fully saturated rings. The van der Waals surface area contributed by atoms with Crippen molar-refractivity contribution in [2.45, 2.75) is 5.92 Å². The SMILES string of the molecule is Clc1cccc([C@H](CBr)c2ccccc2)c1. The van der Waals surface area contributed by atoms with Crippen LogP contribution in [-0.4, -0.2) is 5.33 Å². The Morgan fingerprint density at radius 1 is 0.938 bits per heavy atom. The molecule has 0 spiro atoms. The summed E-state index contributed by atoms with van der Waals surface area (Å²) in [4.78, 5) is 0. The molecule has 0 amide bonds. The second-order valence-corrected chi connectivity index (χ2v) is 4.76. The van der Waals surface area contributed by atoms with Crippen LogP contribution in [0.1, 0.15) is 17.0 Å². The molecule has 0 bridgehead atoms. The molecule has 0 aliphatic rings. The van der Waals surface area contributed by atoms with E-state index in [1.165, 1.54) is 11.1 Å². The molecule has 2 heteroatoms. The summed E-state index contributed by atoms with van der Waals surface area (Å²) in [5.74, 6) is 0.361. The first kappa shape index (κ1) is 11.7. The van der Waals surface area contributed by atoms with Crippen LogP contribution in [0.15, 0.2) is 54.6 Å². The second kappa shape index (κ2) is 5.51. The molecule has 0 saturated heterocycles. The van der Waals surface area contributed by atoms with Gasteiger partial charge in [0, 0.05) is 16.3 Å². The van der Waals surface area contributed by atoms with Gasteiger partial charge in [0.1, 0.15) is 0 Å². The first-order valence-electron chi connectivity index (χ1n) is 5.17. The van der Waals surface area contributed by atoms with Crippen LogP contribution in [0, 0.1) is 0 Å². The molecule has 0 aliphatic carbocycles. The first-order valence-corrected chi connectivity index (χ1v) is 6.67. The molecule has 0 radical (unpaired) electrons. The van der Waals surface area contributed by atoms with E-state index >= 15 is 0 Å². The van der Waals surface area contributed by atoms with Crippen molar-refractivity contribution in [3.05, 3.63) is 70.7 Å². The van der Waals surface area contributed by atoms with Crippen LogP contribution in [0.25, 0.3) is 0 Å². The molecule has 2 rings (SSSR count). The summed E-state index contributed by atoms with van der Waals surface area (Å²) in [5.41, 5.74) is 2.55. The van der Waals surface area contributed by atoms with Crippen molar-refractivity contribution < 1.29 is 0 Å². The molecule has 2 aromatic carbocycles. The molecule has 0 heterocycles. The Hall–Kier alpha value is -0.790. The van der Waals surface area contributed by atoms with E-state index in [4.69, 9.17) is 11.6 Å². The van der Waals surface area contributed by atoms with Crippen LogP contribution in [0.5, 0.6) is 0 Å². The number of hydrogen-bond acceptors (Lipinski definition) is 0. The molecular formula is C14H12BrCl. The molecule has 0 nitrogen and oxygen atoms in total. The summed E-state index contributed by atoms with van der Waals surface area (Å²) >= 11 is 9.59. The van der Waals surface area contributed by atoms with Crippen molar-refractivity contribution in [2.75, 3.05) is 5.33 Å². The number of alkyl halides is 1. The van der Waals surface area contributed by atoms with Crippen LogP contribution in [0.3, 0.4) is 0 Å². The Labute approximate surface area is 109 Å². The van der Waals surface area contributed by atoms with E-state index in [1.807, 2.05) is 24.3 Å². The van der Waals surface area contributed by atoms with Crippen molar-refractivity contribution >= 4 is 27.5 Å². The minimum absolute atomic E-state index is 0.361. The third-order valence-electron chi connectivity index (χ3n) is 2.61. The lowest BCUT2D eigenvalue weighted by molar-refractivity contribution is 0.945. The van der Waals surface area contributed by atoms with Crippen LogP contribution in [0.2, 0.25) is 5.02 Å². The van der Waals surface area contributed by atoms with Gasteiger partial charge in [-0.25, -0.2) is 0 Å². The lowest BCUT2D eigenvalue weighted by Crippen LogP contribution is -2.01. The Morgan fingerprint density at radius 2 is 1.62 bits per heavy atom. The molecule has 0 unspecified atom stereocenters. The van der Waals surface area contributed by atoms with Gasteiger partial charge in [0.05, 0.1) is 0 Å². The van der Waals surface area contributed by atoms with Gasteiger partial charge in [0.15, 0.2) is 0 Å². The fourth-order valence-electron chi connectivity index (χ4n) is 1.78. The zero-order chi connectivity index (χ0) is 11.4. The topological polar surface area (TPSA) is 0 Å². The average molecular weight is 296 g/mol. The molecule has 16 heavy (non-hydrogen) atoms. The van der Waals surface area contributed by atoms with Gasteiger partial charge >= 0.3 is 0 Å². The van der Waals surface area contributed by atoms with E-state index in [1.54, 1.807) is 0 Å². The smallest absolute Gasteiger partial charge is 0.0408 e. The van der Waals surface area contributed by atoms with Gasteiger partial charge in [0.2, 0.25) is 0 Å². The normalized spacial score (nSPS) is 12.4. The molecule has 2 aromatic rings. The zero-order valence-electron chi connectivity index (χ0n) is 8.74. The van der Waals surface area contributed by atoms with Gasteiger partial charge in [-0.3, -0.25) is 0 Å². The van der Waals surface area contributed by atoms with Gasteiger partial charge in [0.25, 0.3) is 0 Å². The summed E-state index contributed by atoms with van der Waals surface area (Å²) in [6.45, 7) is 0. The lowest BCUT2D eigenvalue weighted by Gasteiger charge is -2.15. The van der Waals surface area contributed by atoms with Crippen LogP contribution in [0.4, 0.5) is 0 Å². The quantitative estimate of drug-likeness (QED) is 0.709. The summed E-state index contributed by atoms with van der Waals surface area (Å²) in [5, 5.41) is 1.69. The average Bonchev–Trinajstić information content (AvgIpc) is 2.31. The van der Waals surface area contributed by atoms with Gasteiger partial charge in [-0.1, -0.05) is 70.0 Å². The van der Waals surface area contributed by atoms with E-state index in [-0.39, 0.29) is 0 Å². The predicted octanol–water partition coefficient (Wildman–Crippen LogP) is 4.87. The predicted molar refractivity (Wildman–Crippen MR) is 73.5 cm³/mol. The largest absolute Gasteiger partial charge is 0.0918 e. The fourth-order valence-corrected chi connectivity index (χ4v) is 2.73. The highest BCUT2D eigenvalue weighted by atomic mass is 79.9. The fraction of sp³-hybridized carbons (Fsp3) is 0.143. The highest BCUT2D eigenvalue weighted by Crippen LogP contribution is 2.27. The second-order valence-electron chi connectivity index (χ2n) is 3.67. The summed E-state index contributed by atoms with van der Waals surface area (Å²) in [6, 6.07) is 18.5. The third kappa shape index (κ3) is 2.66. The summed E-state index contributed by atoms with van der Waals surface area (Å²) < 4.78 is 0. The van der Waals surface area contributed by atoms with Gasteiger partial charge in [-0.2, -0.15) is 0 Å². The van der Waals surface area contributed by atoms with Crippen molar-refractivity contribution in [3.63, 3.8) is 0 Å². The van der Waals surface area contributed by atoms with Crippen molar-refractivity contribution in [3.8, 4) is 0 Å². The summed E-state index contributed by atoms with van der Waals surface area (Å²) in [7, 11) is 0. The molecule has 0 N–H and O–H groups in total. The van der Waals surface area contributed by atoms with Gasteiger partial charge < -0.3 is 0 Å². The first-order chi connectivity index (χ1) is 7.81. The number of rotatable bonds is 3. The molecule has 0 aromatic heterocycles. The van der Waals surface area contributed by atoms with E-state index in [0.717, 1.165) is 10.4 Å². The third-order valence-corrected chi connectivity index (χ3v) is 3.49. The molecule has 0 saturated carbocycles. The van der Waals surface area contributed by atoms with E-state index < -0.39 is 0 Å². The standard InChI is InChI=1S/C14H12BrCl/c15-10-14(11-5-2-1-3-6-11)12-7-4-8-13(16)9-12/h1-9,14H,10H2/t14-/m1/s1. The summed E-state index contributed by atoms with van der Waals surface area (Å²) in [6.07, 6.45) is 0. The van der Waals surface area contributed by atoms with Crippen LogP contribution < -0.4 is 0 Å². The molecule has 1 atom stereocenters. The molecule has 0 aliphatic heterocycles. The number of hydrogen-bond donors (Lipinski definition) is 0. The van der Waals surface area contributed by atoms with Crippen LogP contribution in [-0.2, 0) is 0 Å². The lowest BCUT2D eigenvalue weighted by atomic mass is 9.93. The Balaban J connectivity index is 2.37. The maximum absolute atomic E-state index is 6.02. The highest BCUT2D eigenvalue weighted by molar-refractivity contribution is 9.09. The van der Waals surface area contributed by atoms with E-state index in [2.05, 4.69) is 46.3 Å². The number of halogens is 2. The Kier molecular flexibility index (Phi) is 4.03. The number of benzene rings is 2. The minimum Gasteiger partial charge on any atom is -0.0918 e. The van der Waals surface area contributed by atoms with Crippen LogP contribution >= 0.6 is 27.5 Å². The monoisotopic (exact) mass is 294 g/mol. The molecule has 82 valence electrons. The van der Waals surface area contributed by atoms with E-state index in [0.29, 0.717) is 5.92 Å².